The summed E-state index contributed by atoms with van der Waals surface area (Å²) in [5.74, 6) is 1.57. The predicted octanol–water partition coefficient (Wildman–Crippen LogP) is 14.4. The molecule has 12 rings (SSSR count). The molecule has 0 aliphatic rings. The lowest BCUT2D eigenvalue weighted by Crippen LogP contribution is -2.01. The maximum atomic E-state index is 8.95. The Bertz CT molecular complexity index is 3740. The normalized spacial score (nSPS) is 13.1. The predicted molar refractivity (Wildman–Crippen MR) is 242 cm³/mol. The van der Waals surface area contributed by atoms with Gasteiger partial charge in [-0.15, -0.1) is 22.7 Å². The molecular formula is C51H30N4S2. The Kier molecular flexibility index (Phi) is 6.18. The molecule has 0 aliphatic heterocycles. The van der Waals surface area contributed by atoms with Crippen LogP contribution < -0.4 is 0 Å². The Labute approximate surface area is 342 Å². The van der Waals surface area contributed by atoms with Crippen molar-refractivity contribution < 1.29 is 6.85 Å². The van der Waals surface area contributed by atoms with Crippen molar-refractivity contribution in [2.75, 3.05) is 0 Å². The van der Waals surface area contributed by atoms with Gasteiger partial charge in [-0.1, -0.05) is 152 Å². The zero-order valence-corrected chi connectivity index (χ0v) is 31.7. The zero-order valence-electron chi connectivity index (χ0n) is 35.0. The molecule has 0 atom stereocenters. The summed E-state index contributed by atoms with van der Waals surface area (Å²) in [5, 5.41) is 6.64. The van der Waals surface area contributed by atoms with Crippen molar-refractivity contribution in [1.82, 2.24) is 19.5 Å². The molecule has 4 nitrogen and oxygen atoms in total. The van der Waals surface area contributed by atoms with Gasteiger partial charge < -0.3 is 4.57 Å². The number of nitrogens with zero attached hydrogens (tertiary/aromatic N) is 4. The number of para-hydroxylation sites is 1. The summed E-state index contributed by atoms with van der Waals surface area (Å²) in [6.45, 7) is 0. The molecule has 0 amide bonds. The van der Waals surface area contributed by atoms with Gasteiger partial charge in [-0.2, -0.15) is 0 Å². The van der Waals surface area contributed by atoms with Gasteiger partial charge >= 0.3 is 0 Å². The van der Waals surface area contributed by atoms with Crippen LogP contribution >= 0.6 is 22.7 Å². The molecule has 4 aromatic heterocycles. The van der Waals surface area contributed by atoms with Gasteiger partial charge in [0.05, 0.1) is 17.9 Å². The maximum absolute atomic E-state index is 8.95. The highest BCUT2D eigenvalue weighted by Crippen LogP contribution is 2.47. The summed E-state index contributed by atoms with van der Waals surface area (Å²) in [4.78, 5) is 15.4. The Hall–Kier alpha value is -6.99. The van der Waals surface area contributed by atoms with Crippen LogP contribution in [-0.2, 0) is 0 Å². The van der Waals surface area contributed by atoms with E-state index in [4.69, 9.17) is 21.8 Å². The SMILES string of the molecule is [2H]c1c([2H])c([2H])c(-c2cccc3c2sc2c(-c4nc(-c5ccccc5)nc(-c5ccccc5)n4)cc(-n4c5ccccc5c5c6sc7ccccc7c6ccc54)cc23)c([2H])c1[2H]. The third kappa shape index (κ3) is 5.08. The van der Waals surface area contributed by atoms with Crippen molar-refractivity contribution in [2.45, 2.75) is 0 Å². The molecular weight excluding hydrogens is 733 g/mol. The van der Waals surface area contributed by atoms with Crippen LogP contribution in [0.25, 0.3) is 113 Å². The Morgan fingerprint density at radius 3 is 1.82 bits per heavy atom. The molecule has 0 saturated heterocycles. The Balaban J connectivity index is 1.21. The topological polar surface area (TPSA) is 43.6 Å². The van der Waals surface area contributed by atoms with Gasteiger partial charge in [0.15, 0.2) is 17.5 Å². The molecule has 266 valence electrons. The van der Waals surface area contributed by atoms with E-state index in [2.05, 4.69) is 77.4 Å². The van der Waals surface area contributed by atoms with Crippen molar-refractivity contribution in [3.63, 3.8) is 0 Å². The number of fused-ring (bicyclic) bond motifs is 10. The van der Waals surface area contributed by atoms with E-state index in [1.807, 2.05) is 90.2 Å². The number of rotatable bonds is 5. The number of hydrogen-bond donors (Lipinski definition) is 0. The Morgan fingerprint density at radius 1 is 0.421 bits per heavy atom. The fourth-order valence-electron chi connectivity index (χ4n) is 8.20. The quantitative estimate of drug-likeness (QED) is 0.175. The van der Waals surface area contributed by atoms with Gasteiger partial charge in [-0.05, 0) is 41.5 Å². The summed E-state index contributed by atoms with van der Waals surface area (Å²) >= 11 is 3.33. The van der Waals surface area contributed by atoms with Gasteiger partial charge in [0, 0.05) is 73.5 Å². The van der Waals surface area contributed by atoms with E-state index < -0.39 is 6.04 Å². The van der Waals surface area contributed by atoms with Gasteiger partial charge in [0.25, 0.3) is 0 Å². The maximum Gasteiger partial charge on any atom is 0.165 e. The van der Waals surface area contributed by atoms with Crippen LogP contribution in [0, 0.1) is 0 Å². The van der Waals surface area contributed by atoms with Crippen LogP contribution in [0.2, 0.25) is 0 Å². The van der Waals surface area contributed by atoms with E-state index in [0.717, 1.165) is 59.0 Å². The largest absolute Gasteiger partial charge is 0.309 e. The minimum atomic E-state index is -0.420. The van der Waals surface area contributed by atoms with Crippen LogP contribution in [0.3, 0.4) is 0 Å². The number of thiophene rings is 2. The molecule has 4 heterocycles. The van der Waals surface area contributed by atoms with Crippen LogP contribution in [0.4, 0.5) is 0 Å². The third-order valence-electron chi connectivity index (χ3n) is 10.7. The van der Waals surface area contributed by atoms with Crippen LogP contribution in [-0.4, -0.2) is 19.5 Å². The molecule has 57 heavy (non-hydrogen) atoms. The minimum absolute atomic E-state index is 0.169. The monoisotopic (exact) mass is 767 g/mol. The fraction of sp³-hybridized carbons (Fsp3) is 0. The molecule has 0 unspecified atom stereocenters. The summed E-state index contributed by atoms with van der Waals surface area (Å²) in [6, 6.07) is 50.0. The lowest BCUT2D eigenvalue weighted by atomic mass is 10.0. The molecule has 0 bridgehead atoms. The molecule has 0 saturated carbocycles. The molecule has 8 aromatic carbocycles. The van der Waals surface area contributed by atoms with Gasteiger partial charge in [-0.25, -0.2) is 15.0 Å². The van der Waals surface area contributed by atoms with Gasteiger partial charge in [0.2, 0.25) is 0 Å². The number of benzene rings is 8. The lowest BCUT2D eigenvalue weighted by molar-refractivity contribution is 1.07. The standard InChI is InChI=1S/C51H30N4S2/c1-4-15-31(16-5-1)35-23-14-24-37-40-29-34(55-42-25-12-10-22-39(42)45-43(55)28-27-38-36-21-11-13-26-44(36)56-48(38)45)30-41(47(40)57-46(35)37)51-53-49(32-17-6-2-7-18-32)52-50(54-51)33-19-8-3-9-20-33/h1-30H/i1D,4D,5D,15D,16D. The molecule has 0 spiro atoms. The number of aromatic nitrogens is 4. The molecule has 0 radical (unpaired) electrons. The highest BCUT2D eigenvalue weighted by atomic mass is 32.1. The number of hydrogen-bond acceptors (Lipinski definition) is 5. The third-order valence-corrected chi connectivity index (χ3v) is 13.2. The summed E-state index contributed by atoms with van der Waals surface area (Å²) in [5.41, 5.74) is 6.28. The summed E-state index contributed by atoms with van der Waals surface area (Å²) < 4.78 is 49.8. The lowest BCUT2D eigenvalue weighted by Gasteiger charge is -2.13. The first-order valence-corrected chi connectivity index (χ1v) is 20.2. The average molecular weight is 768 g/mol. The molecule has 0 aliphatic carbocycles. The van der Waals surface area contributed by atoms with Crippen LogP contribution in [0.15, 0.2) is 182 Å². The molecule has 0 N–H and O–H groups in total. The minimum Gasteiger partial charge on any atom is -0.309 e. The second-order valence-corrected chi connectivity index (χ2v) is 16.1. The van der Waals surface area contributed by atoms with Crippen molar-refractivity contribution in [1.29, 1.82) is 0 Å². The molecule has 6 heteroatoms. The van der Waals surface area contributed by atoms with Crippen molar-refractivity contribution in [3.05, 3.63) is 182 Å². The second-order valence-electron chi connectivity index (χ2n) is 14.0. The van der Waals surface area contributed by atoms with E-state index in [9.17, 15) is 0 Å². The molecule has 12 aromatic rings. The summed E-state index contributed by atoms with van der Waals surface area (Å²) in [7, 11) is 0. The van der Waals surface area contributed by atoms with E-state index in [1.54, 1.807) is 0 Å². The van der Waals surface area contributed by atoms with Gasteiger partial charge in [0.1, 0.15) is 0 Å². The van der Waals surface area contributed by atoms with Crippen LogP contribution in [0.5, 0.6) is 0 Å². The van der Waals surface area contributed by atoms with E-state index >= 15 is 0 Å². The van der Waals surface area contributed by atoms with Crippen molar-refractivity contribution >= 4 is 84.8 Å². The van der Waals surface area contributed by atoms with E-state index in [-0.39, 0.29) is 29.7 Å². The van der Waals surface area contributed by atoms with E-state index in [1.165, 1.54) is 36.9 Å². The summed E-state index contributed by atoms with van der Waals surface area (Å²) in [6.07, 6.45) is 0. The second kappa shape index (κ2) is 12.8. The van der Waals surface area contributed by atoms with Crippen molar-refractivity contribution in [3.8, 4) is 51.0 Å². The highest BCUT2D eigenvalue weighted by Gasteiger charge is 2.23. The smallest absolute Gasteiger partial charge is 0.165 e. The first-order valence-electron chi connectivity index (χ1n) is 21.1. The van der Waals surface area contributed by atoms with Gasteiger partial charge in [-0.3, -0.25) is 0 Å². The van der Waals surface area contributed by atoms with Crippen molar-refractivity contribution in [2.24, 2.45) is 0 Å². The highest BCUT2D eigenvalue weighted by molar-refractivity contribution is 7.27. The first kappa shape index (κ1) is 27.6. The fourth-order valence-corrected chi connectivity index (χ4v) is 10.8. The zero-order chi connectivity index (χ0) is 41.8. The van der Waals surface area contributed by atoms with Crippen LogP contribution in [0.1, 0.15) is 6.85 Å². The molecule has 0 fully saturated rings. The first-order chi connectivity index (χ1) is 30.3. The van der Waals surface area contributed by atoms with E-state index in [0.29, 0.717) is 23.0 Å². The Morgan fingerprint density at radius 2 is 1.05 bits per heavy atom. The average Bonchev–Trinajstić information content (AvgIpc) is 4.00.